The number of nitrogen functional groups attached to an aromatic ring is 1. The lowest BCUT2D eigenvalue weighted by molar-refractivity contribution is 0.102. The maximum atomic E-state index is 12.1. The van der Waals surface area contributed by atoms with Gasteiger partial charge in [0, 0.05) is 11.8 Å². The van der Waals surface area contributed by atoms with Crippen LogP contribution in [-0.2, 0) is 0 Å². The highest BCUT2D eigenvalue weighted by atomic mass is 35.5. The molecule has 1 aromatic carbocycles. The van der Waals surface area contributed by atoms with Crippen LogP contribution in [-0.4, -0.2) is 10.9 Å². The summed E-state index contributed by atoms with van der Waals surface area (Å²) in [6, 6.07) is 6.46. The Kier molecular flexibility index (Phi) is 3.93. The minimum atomic E-state index is -0.320. The molecule has 0 unspecified atom stereocenters. The van der Waals surface area contributed by atoms with E-state index in [-0.39, 0.29) is 21.6 Å². The number of nitrogens with zero attached hydrogens (tertiary/aromatic N) is 1. The molecule has 0 saturated carbocycles. The van der Waals surface area contributed by atoms with Crippen LogP contribution in [0.3, 0.4) is 0 Å². The number of aryl methyl sites for hydroxylation is 1. The van der Waals surface area contributed by atoms with E-state index < -0.39 is 0 Å². The van der Waals surface area contributed by atoms with Crippen molar-refractivity contribution in [3.8, 4) is 0 Å². The Morgan fingerprint density at radius 2 is 1.95 bits per heavy atom. The highest BCUT2D eigenvalue weighted by Gasteiger charge is 2.12. The summed E-state index contributed by atoms with van der Waals surface area (Å²) in [6.07, 6.45) is 1.65. The van der Waals surface area contributed by atoms with Crippen molar-refractivity contribution in [2.24, 2.45) is 0 Å². The van der Waals surface area contributed by atoms with Crippen molar-refractivity contribution in [3.63, 3.8) is 0 Å². The second-order valence-electron chi connectivity index (χ2n) is 3.94. The molecule has 0 aliphatic carbocycles. The largest absolute Gasteiger partial charge is 0.396 e. The quantitative estimate of drug-likeness (QED) is 0.833. The number of halogens is 2. The maximum Gasteiger partial charge on any atom is 0.255 e. The molecule has 1 amide bonds. The smallest absolute Gasteiger partial charge is 0.255 e. The van der Waals surface area contributed by atoms with E-state index in [0.717, 1.165) is 5.69 Å². The Morgan fingerprint density at radius 3 is 2.53 bits per heavy atom. The van der Waals surface area contributed by atoms with E-state index in [4.69, 9.17) is 28.9 Å². The standard InChI is InChI=1S/C13H11Cl2N3O/c1-7-11(3-2-4-17-7)18-13(19)8-5-9(14)12(16)10(15)6-8/h2-6H,16H2,1H3,(H,18,19). The van der Waals surface area contributed by atoms with Crippen molar-refractivity contribution in [2.45, 2.75) is 6.92 Å². The van der Waals surface area contributed by atoms with Gasteiger partial charge in [0.05, 0.1) is 27.1 Å². The molecular weight excluding hydrogens is 285 g/mol. The second-order valence-corrected chi connectivity index (χ2v) is 4.76. The molecular formula is C13H11Cl2N3O. The maximum absolute atomic E-state index is 12.1. The monoisotopic (exact) mass is 295 g/mol. The number of anilines is 2. The molecule has 0 radical (unpaired) electrons. The van der Waals surface area contributed by atoms with Gasteiger partial charge >= 0.3 is 0 Å². The van der Waals surface area contributed by atoms with Gasteiger partial charge in [-0.25, -0.2) is 0 Å². The van der Waals surface area contributed by atoms with Crippen LogP contribution in [0.5, 0.6) is 0 Å². The first-order valence-electron chi connectivity index (χ1n) is 5.46. The lowest BCUT2D eigenvalue weighted by atomic mass is 10.2. The van der Waals surface area contributed by atoms with Gasteiger partial charge in [-0.05, 0) is 31.2 Å². The number of benzene rings is 1. The van der Waals surface area contributed by atoms with E-state index in [0.29, 0.717) is 11.3 Å². The highest BCUT2D eigenvalue weighted by molar-refractivity contribution is 6.39. The van der Waals surface area contributed by atoms with Crippen LogP contribution in [0.15, 0.2) is 30.5 Å². The van der Waals surface area contributed by atoms with E-state index in [9.17, 15) is 4.79 Å². The zero-order valence-electron chi connectivity index (χ0n) is 10.1. The fourth-order valence-electron chi connectivity index (χ4n) is 1.53. The topological polar surface area (TPSA) is 68.0 Å². The Morgan fingerprint density at radius 1 is 1.32 bits per heavy atom. The third-order valence-corrected chi connectivity index (χ3v) is 3.22. The molecule has 0 bridgehead atoms. The first kappa shape index (κ1) is 13.6. The molecule has 0 aliphatic rings. The lowest BCUT2D eigenvalue weighted by Crippen LogP contribution is -2.13. The summed E-state index contributed by atoms with van der Waals surface area (Å²) in [5.74, 6) is -0.320. The van der Waals surface area contributed by atoms with Crippen molar-refractivity contribution in [1.82, 2.24) is 4.98 Å². The summed E-state index contributed by atoms with van der Waals surface area (Å²) < 4.78 is 0. The van der Waals surface area contributed by atoms with Gasteiger partial charge in [0.25, 0.3) is 5.91 Å². The summed E-state index contributed by atoms with van der Waals surface area (Å²) in [5, 5.41) is 3.24. The average molecular weight is 296 g/mol. The number of amides is 1. The molecule has 2 aromatic rings. The first-order valence-corrected chi connectivity index (χ1v) is 6.22. The number of aromatic nitrogens is 1. The normalized spacial score (nSPS) is 10.3. The third-order valence-electron chi connectivity index (χ3n) is 2.60. The molecule has 6 heteroatoms. The van der Waals surface area contributed by atoms with Crippen molar-refractivity contribution in [3.05, 3.63) is 51.8 Å². The second kappa shape index (κ2) is 5.47. The Labute approximate surface area is 120 Å². The predicted molar refractivity (Wildman–Crippen MR) is 77.8 cm³/mol. The number of pyridine rings is 1. The molecule has 1 heterocycles. The molecule has 3 N–H and O–H groups in total. The molecule has 98 valence electrons. The zero-order valence-corrected chi connectivity index (χ0v) is 11.6. The predicted octanol–water partition coefficient (Wildman–Crippen LogP) is 3.53. The molecule has 0 spiro atoms. The number of carbonyl (C=O) groups is 1. The molecule has 0 atom stereocenters. The highest BCUT2D eigenvalue weighted by Crippen LogP contribution is 2.29. The fourth-order valence-corrected chi connectivity index (χ4v) is 2.01. The summed E-state index contributed by atoms with van der Waals surface area (Å²) in [5.41, 5.74) is 7.58. The first-order chi connectivity index (χ1) is 8.99. The number of nitrogens with two attached hydrogens (primary N) is 1. The molecule has 0 fully saturated rings. The van der Waals surface area contributed by atoms with E-state index in [1.807, 2.05) is 0 Å². The summed E-state index contributed by atoms with van der Waals surface area (Å²) in [6.45, 7) is 1.80. The van der Waals surface area contributed by atoms with Crippen LogP contribution in [0, 0.1) is 6.92 Å². The summed E-state index contributed by atoms with van der Waals surface area (Å²) >= 11 is 11.8. The number of hydrogen-bond acceptors (Lipinski definition) is 3. The van der Waals surface area contributed by atoms with Crippen LogP contribution in [0.1, 0.15) is 16.1 Å². The van der Waals surface area contributed by atoms with E-state index >= 15 is 0 Å². The fraction of sp³-hybridized carbons (Fsp3) is 0.0769. The summed E-state index contributed by atoms with van der Waals surface area (Å²) in [7, 11) is 0. The Bertz CT molecular complexity index is 621. The van der Waals surface area contributed by atoms with Crippen molar-refractivity contribution in [2.75, 3.05) is 11.1 Å². The van der Waals surface area contributed by atoms with Gasteiger partial charge in [-0.15, -0.1) is 0 Å². The SMILES string of the molecule is Cc1ncccc1NC(=O)c1cc(Cl)c(N)c(Cl)c1. The molecule has 0 saturated heterocycles. The van der Waals surface area contributed by atoms with E-state index in [1.165, 1.54) is 12.1 Å². The van der Waals surface area contributed by atoms with Crippen molar-refractivity contribution >= 4 is 40.5 Å². The van der Waals surface area contributed by atoms with Crippen LogP contribution in [0.4, 0.5) is 11.4 Å². The minimum Gasteiger partial charge on any atom is -0.396 e. The third kappa shape index (κ3) is 2.97. The van der Waals surface area contributed by atoms with Gasteiger partial charge in [-0.1, -0.05) is 23.2 Å². The van der Waals surface area contributed by atoms with Crippen molar-refractivity contribution < 1.29 is 4.79 Å². The van der Waals surface area contributed by atoms with Gasteiger partial charge in [0.2, 0.25) is 0 Å². The number of nitrogens with one attached hydrogen (secondary N) is 1. The molecule has 1 aromatic heterocycles. The Balaban J connectivity index is 2.28. The van der Waals surface area contributed by atoms with Crippen LogP contribution in [0.2, 0.25) is 10.0 Å². The average Bonchev–Trinajstić information content (AvgIpc) is 2.38. The lowest BCUT2D eigenvalue weighted by Gasteiger charge is -2.09. The molecule has 19 heavy (non-hydrogen) atoms. The number of carbonyl (C=O) groups excluding carboxylic acids is 1. The van der Waals surface area contributed by atoms with E-state index in [2.05, 4.69) is 10.3 Å². The molecule has 0 aliphatic heterocycles. The van der Waals surface area contributed by atoms with Crippen molar-refractivity contribution in [1.29, 1.82) is 0 Å². The van der Waals surface area contributed by atoms with Gasteiger partial charge in [-0.2, -0.15) is 0 Å². The zero-order chi connectivity index (χ0) is 14.0. The molecule has 4 nitrogen and oxygen atoms in total. The minimum absolute atomic E-state index is 0.251. The summed E-state index contributed by atoms with van der Waals surface area (Å²) in [4.78, 5) is 16.2. The van der Waals surface area contributed by atoms with Gasteiger partial charge in [0.15, 0.2) is 0 Å². The van der Waals surface area contributed by atoms with Gasteiger partial charge in [0.1, 0.15) is 0 Å². The van der Waals surface area contributed by atoms with Crippen LogP contribution in [0.25, 0.3) is 0 Å². The van der Waals surface area contributed by atoms with Crippen LogP contribution >= 0.6 is 23.2 Å². The number of rotatable bonds is 2. The van der Waals surface area contributed by atoms with E-state index in [1.54, 1.807) is 25.3 Å². The van der Waals surface area contributed by atoms with Crippen LogP contribution < -0.4 is 11.1 Å². The van der Waals surface area contributed by atoms with Gasteiger partial charge in [-0.3, -0.25) is 9.78 Å². The molecule has 2 rings (SSSR count). The van der Waals surface area contributed by atoms with Gasteiger partial charge < -0.3 is 11.1 Å². The number of hydrogen-bond donors (Lipinski definition) is 2. The Hall–Kier alpha value is -1.78.